The van der Waals surface area contributed by atoms with Crippen molar-refractivity contribution < 1.29 is 9.59 Å². The molecule has 1 aliphatic heterocycles. The van der Waals surface area contributed by atoms with E-state index in [0.717, 1.165) is 17.9 Å². The number of hydrogen-bond acceptors (Lipinski definition) is 5. The maximum Gasteiger partial charge on any atom is 0.237 e. The molecule has 26 heavy (non-hydrogen) atoms. The first-order valence-electron chi connectivity index (χ1n) is 8.85. The van der Waals surface area contributed by atoms with Crippen molar-refractivity contribution in [2.24, 2.45) is 0 Å². The molecule has 0 aliphatic carbocycles. The van der Waals surface area contributed by atoms with Gasteiger partial charge < -0.3 is 10.6 Å². The zero-order chi connectivity index (χ0) is 18.4. The number of piperazine rings is 1. The summed E-state index contributed by atoms with van der Waals surface area (Å²) in [7, 11) is 0. The van der Waals surface area contributed by atoms with Crippen molar-refractivity contribution in [3.63, 3.8) is 0 Å². The molecule has 3 heterocycles. The van der Waals surface area contributed by atoms with E-state index in [1.807, 2.05) is 36.6 Å². The molecule has 1 atom stereocenters. The largest absolute Gasteiger partial charge is 0.356 e. The molecular weight excluding hydrogens is 348 g/mol. The van der Waals surface area contributed by atoms with E-state index in [-0.39, 0.29) is 18.2 Å². The monoisotopic (exact) mass is 372 g/mol. The van der Waals surface area contributed by atoms with Crippen molar-refractivity contribution in [1.29, 1.82) is 0 Å². The van der Waals surface area contributed by atoms with Crippen LogP contribution in [0.3, 0.4) is 0 Å². The number of rotatable bonds is 7. The van der Waals surface area contributed by atoms with Gasteiger partial charge in [-0.15, -0.1) is 11.3 Å². The maximum absolute atomic E-state index is 12.3. The number of nitrogens with zero attached hydrogens (tertiary/aromatic N) is 2. The van der Waals surface area contributed by atoms with Crippen LogP contribution in [0.15, 0.2) is 35.7 Å². The Morgan fingerprint density at radius 2 is 2.27 bits per heavy atom. The predicted octanol–water partition coefficient (Wildman–Crippen LogP) is 1.50. The smallest absolute Gasteiger partial charge is 0.237 e. The average molecular weight is 372 g/mol. The summed E-state index contributed by atoms with van der Waals surface area (Å²) in [5, 5.41) is 7.81. The second-order valence-corrected chi connectivity index (χ2v) is 7.46. The number of hydrogen-bond donors (Lipinski definition) is 2. The number of aromatic nitrogens is 1. The Hall–Kier alpha value is -2.25. The highest BCUT2D eigenvalue weighted by Crippen LogP contribution is 2.17. The molecule has 0 radical (unpaired) electrons. The lowest BCUT2D eigenvalue weighted by Gasteiger charge is -2.34. The number of thiophene rings is 1. The summed E-state index contributed by atoms with van der Waals surface area (Å²) in [6.45, 7) is 4.56. The van der Waals surface area contributed by atoms with E-state index in [9.17, 15) is 9.59 Å². The van der Waals surface area contributed by atoms with Gasteiger partial charge in [-0.05, 0) is 30.5 Å². The van der Waals surface area contributed by atoms with Gasteiger partial charge in [-0.25, -0.2) is 0 Å². The summed E-state index contributed by atoms with van der Waals surface area (Å²) in [5.41, 5.74) is 1.93. The molecule has 1 saturated heterocycles. The fourth-order valence-corrected chi connectivity index (χ4v) is 3.82. The summed E-state index contributed by atoms with van der Waals surface area (Å²) in [5.74, 6) is -0.167. The van der Waals surface area contributed by atoms with Crippen LogP contribution >= 0.6 is 11.3 Å². The predicted molar refractivity (Wildman–Crippen MR) is 102 cm³/mol. The fourth-order valence-electron chi connectivity index (χ4n) is 3.09. The second kappa shape index (κ2) is 8.91. The van der Waals surface area contributed by atoms with Gasteiger partial charge in [0.05, 0.1) is 12.5 Å². The Morgan fingerprint density at radius 3 is 3.04 bits per heavy atom. The lowest BCUT2D eigenvalue weighted by Crippen LogP contribution is -2.56. The molecule has 1 fully saturated rings. The van der Waals surface area contributed by atoms with Crippen LogP contribution in [0, 0.1) is 6.92 Å². The van der Waals surface area contributed by atoms with Crippen molar-refractivity contribution >= 4 is 23.2 Å². The van der Waals surface area contributed by atoms with Crippen LogP contribution in [0.5, 0.6) is 0 Å². The number of aryl methyl sites for hydroxylation is 1. The Kier molecular flexibility index (Phi) is 6.35. The minimum absolute atomic E-state index is 0.0664. The van der Waals surface area contributed by atoms with Crippen LogP contribution < -0.4 is 10.6 Å². The fraction of sp³-hybridized carbons (Fsp3) is 0.421. The van der Waals surface area contributed by atoms with Crippen molar-refractivity contribution in [2.45, 2.75) is 32.4 Å². The Bertz CT molecular complexity index is 748. The topological polar surface area (TPSA) is 74.3 Å². The van der Waals surface area contributed by atoms with E-state index >= 15 is 0 Å². The first kappa shape index (κ1) is 18.5. The first-order valence-corrected chi connectivity index (χ1v) is 9.73. The first-order chi connectivity index (χ1) is 12.6. The minimum Gasteiger partial charge on any atom is -0.356 e. The number of nitrogens with one attached hydrogen (secondary N) is 2. The van der Waals surface area contributed by atoms with E-state index in [1.165, 1.54) is 4.88 Å². The molecule has 1 aliphatic rings. The van der Waals surface area contributed by atoms with E-state index < -0.39 is 6.04 Å². The molecule has 7 heteroatoms. The third-order valence-electron chi connectivity index (χ3n) is 4.41. The quantitative estimate of drug-likeness (QED) is 0.772. The molecule has 1 unspecified atom stereocenters. The van der Waals surface area contributed by atoms with Crippen LogP contribution in [0.2, 0.25) is 0 Å². The van der Waals surface area contributed by atoms with Gasteiger partial charge in [0.15, 0.2) is 0 Å². The van der Waals surface area contributed by atoms with Gasteiger partial charge in [-0.3, -0.25) is 19.5 Å². The maximum atomic E-state index is 12.3. The average Bonchev–Trinajstić information content (AvgIpc) is 3.11. The van der Waals surface area contributed by atoms with E-state index in [4.69, 9.17) is 0 Å². The number of carbonyl (C=O) groups excluding carboxylic acids is 2. The van der Waals surface area contributed by atoms with E-state index in [2.05, 4.69) is 26.6 Å². The summed E-state index contributed by atoms with van der Waals surface area (Å²) in [4.78, 5) is 32.3. The molecule has 0 saturated carbocycles. The van der Waals surface area contributed by atoms with Crippen LogP contribution in [-0.4, -0.2) is 47.4 Å². The third-order valence-corrected chi connectivity index (χ3v) is 5.27. The van der Waals surface area contributed by atoms with Crippen LogP contribution in [-0.2, 0) is 22.6 Å². The normalized spacial score (nSPS) is 17.7. The van der Waals surface area contributed by atoms with Gasteiger partial charge >= 0.3 is 0 Å². The van der Waals surface area contributed by atoms with Gasteiger partial charge in [0.1, 0.15) is 0 Å². The Morgan fingerprint density at radius 1 is 1.38 bits per heavy atom. The lowest BCUT2D eigenvalue weighted by molar-refractivity contribution is -0.134. The van der Waals surface area contributed by atoms with Crippen LogP contribution in [0.1, 0.15) is 22.7 Å². The molecule has 0 spiro atoms. The minimum atomic E-state index is -0.414. The molecule has 2 aromatic heterocycles. The SMILES string of the molecule is Cc1cccc(CCNC(=O)CC2C(=O)NCCN2Cc2cccs2)n1. The van der Waals surface area contributed by atoms with Crippen LogP contribution in [0.25, 0.3) is 0 Å². The molecule has 0 bridgehead atoms. The van der Waals surface area contributed by atoms with Crippen molar-refractivity contribution in [1.82, 2.24) is 20.5 Å². The van der Waals surface area contributed by atoms with Gasteiger partial charge in [0.25, 0.3) is 0 Å². The standard InChI is InChI=1S/C19H24N4O2S/c1-14-4-2-5-15(22-14)7-8-20-18(24)12-17-19(25)21-9-10-23(17)13-16-6-3-11-26-16/h2-6,11,17H,7-10,12-13H2,1H3,(H,20,24)(H,21,25). The molecular formula is C19H24N4O2S. The molecule has 2 N–H and O–H groups in total. The molecule has 6 nitrogen and oxygen atoms in total. The van der Waals surface area contributed by atoms with Crippen molar-refractivity contribution in [3.05, 3.63) is 52.0 Å². The van der Waals surface area contributed by atoms with Gasteiger partial charge in [-0.2, -0.15) is 0 Å². The Labute approximate surface area is 157 Å². The molecule has 2 amide bonds. The van der Waals surface area contributed by atoms with E-state index in [1.54, 1.807) is 11.3 Å². The molecule has 2 aromatic rings. The van der Waals surface area contributed by atoms with Crippen LogP contribution in [0.4, 0.5) is 0 Å². The third kappa shape index (κ3) is 5.12. The van der Waals surface area contributed by atoms with Crippen molar-refractivity contribution in [3.8, 4) is 0 Å². The zero-order valence-electron chi connectivity index (χ0n) is 14.9. The lowest BCUT2D eigenvalue weighted by atomic mass is 10.1. The molecule has 3 rings (SSSR count). The zero-order valence-corrected chi connectivity index (χ0v) is 15.7. The highest BCUT2D eigenvalue weighted by atomic mass is 32.1. The van der Waals surface area contributed by atoms with Crippen molar-refractivity contribution in [2.75, 3.05) is 19.6 Å². The number of pyridine rings is 1. The summed E-state index contributed by atoms with van der Waals surface area (Å²) < 4.78 is 0. The molecule has 138 valence electrons. The molecule has 0 aromatic carbocycles. The van der Waals surface area contributed by atoms with E-state index in [0.29, 0.717) is 26.1 Å². The Balaban J connectivity index is 1.51. The number of amides is 2. The summed E-state index contributed by atoms with van der Waals surface area (Å²) in [6.07, 6.45) is 0.863. The second-order valence-electron chi connectivity index (χ2n) is 6.43. The summed E-state index contributed by atoms with van der Waals surface area (Å²) >= 11 is 1.67. The van der Waals surface area contributed by atoms with Gasteiger partial charge in [0, 0.05) is 48.9 Å². The summed E-state index contributed by atoms with van der Waals surface area (Å²) in [6, 6.07) is 9.52. The highest BCUT2D eigenvalue weighted by Gasteiger charge is 2.31. The number of carbonyl (C=O) groups is 2. The highest BCUT2D eigenvalue weighted by molar-refractivity contribution is 7.09. The van der Waals surface area contributed by atoms with Gasteiger partial charge in [0.2, 0.25) is 11.8 Å². The van der Waals surface area contributed by atoms with Gasteiger partial charge in [-0.1, -0.05) is 12.1 Å².